The van der Waals surface area contributed by atoms with E-state index in [-0.39, 0.29) is 5.82 Å². The number of hydrogen-bond donors (Lipinski definition) is 0. The fourth-order valence-corrected chi connectivity index (χ4v) is 3.74. The molecule has 2 aliphatic heterocycles. The van der Waals surface area contributed by atoms with Crippen LogP contribution in [0, 0.1) is 12.7 Å². The lowest BCUT2D eigenvalue weighted by Gasteiger charge is -2.49. The Labute approximate surface area is 121 Å². The zero-order chi connectivity index (χ0) is 14.1. The van der Waals surface area contributed by atoms with Gasteiger partial charge in [0.1, 0.15) is 5.82 Å². The van der Waals surface area contributed by atoms with Crippen LogP contribution in [-0.2, 0) is 0 Å². The SMILES string of the molecule is CCC1CN2CCCCC2CN1c1ccc(C)cc1F. The van der Waals surface area contributed by atoms with E-state index in [9.17, 15) is 4.39 Å². The van der Waals surface area contributed by atoms with Gasteiger partial charge in [-0.25, -0.2) is 4.39 Å². The van der Waals surface area contributed by atoms with Crippen molar-refractivity contribution in [2.45, 2.75) is 51.6 Å². The number of benzene rings is 1. The topological polar surface area (TPSA) is 6.48 Å². The van der Waals surface area contributed by atoms with Gasteiger partial charge in [-0.05, 0) is 50.4 Å². The van der Waals surface area contributed by atoms with Crippen molar-refractivity contribution in [3.05, 3.63) is 29.6 Å². The summed E-state index contributed by atoms with van der Waals surface area (Å²) in [6.45, 7) is 7.47. The predicted octanol–water partition coefficient (Wildman–Crippen LogP) is 3.59. The molecule has 0 saturated carbocycles. The highest BCUT2D eigenvalue weighted by Gasteiger charge is 2.35. The van der Waals surface area contributed by atoms with Gasteiger partial charge in [0.15, 0.2) is 0 Å². The predicted molar refractivity (Wildman–Crippen MR) is 81.8 cm³/mol. The normalized spacial score (nSPS) is 27.4. The number of fused-ring (bicyclic) bond motifs is 1. The largest absolute Gasteiger partial charge is 0.363 e. The fraction of sp³-hybridized carbons (Fsp3) is 0.647. The van der Waals surface area contributed by atoms with Crippen LogP contribution in [0.2, 0.25) is 0 Å². The van der Waals surface area contributed by atoms with E-state index in [0.29, 0.717) is 12.1 Å². The first kappa shape index (κ1) is 13.9. The van der Waals surface area contributed by atoms with Gasteiger partial charge in [0, 0.05) is 25.2 Å². The van der Waals surface area contributed by atoms with E-state index in [0.717, 1.165) is 30.8 Å². The molecular formula is C17H25FN2. The van der Waals surface area contributed by atoms with Crippen LogP contribution in [0.5, 0.6) is 0 Å². The summed E-state index contributed by atoms with van der Waals surface area (Å²) < 4.78 is 14.3. The third-order valence-electron chi connectivity index (χ3n) is 4.93. The van der Waals surface area contributed by atoms with Gasteiger partial charge in [0.25, 0.3) is 0 Å². The first-order valence-corrected chi connectivity index (χ1v) is 7.96. The lowest BCUT2D eigenvalue weighted by molar-refractivity contribution is 0.110. The summed E-state index contributed by atoms with van der Waals surface area (Å²) in [5.74, 6) is -0.0623. The van der Waals surface area contributed by atoms with Crippen molar-refractivity contribution in [2.75, 3.05) is 24.5 Å². The average Bonchev–Trinajstić information content (AvgIpc) is 2.46. The molecule has 2 aliphatic rings. The lowest BCUT2D eigenvalue weighted by atomic mass is 9.95. The second-order valence-corrected chi connectivity index (χ2v) is 6.31. The minimum Gasteiger partial charge on any atom is -0.363 e. The zero-order valence-electron chi connectivity index (χ0n) is 12.6. The molecule has 0 bridgehead atoms. The Morgan fingerprint density at radius 2 is 2.10 bits per heavy atom. The molecule has 0 spiro atoms. The zero-order valence-corrected chi connectivity index (χ0v) is 12.6. The second-order valence-electron chi connectivity index (χ2n) is 6.31. The monoisotopic (exact) mass is 276 g/mol. The van der Waals surface area contributed by atoms with E-state index in [2.05, 4.69) is 16.7 Å². The lowest BCUT2D eigenvalue weighted by Crippen LogP contribution is -2.59. The molecule has 2 saturated heterocycles. The molecule has 2 fully saturated rings. The van der Waals surface area contributed by atoms with E-state index in [1.165, 1.54) is 25.8 Å². The molecule has 20 heavy (non-hydrogen) atoms. The van der Waals surface area contributed by atoms with Crippen LogP contribution in [0.25, 0.3) is 0 Å². The number of piperidine rings is 1. The molecule has 1 aromatic carbocycles. The van der Waals surface area contributed by atoms with Crippen LogP contribution in [0.15, 0.2) is 18.2 Å². The molecular weight excluding hydrogens is 251 g/mol. The van der Waals surface area contributed by atoms with Gasteiger partial charge in [-0.1, -0.05) is 19.4 Å². The van der Waals surface area contributed by atoms with Gasteiger partial charge in [0.2, 0.25) is 0 Å². The van der Waals surface area contributed by atoms with Gasteiger partial charge < -0.3 is 4.90 Å². The maximum absolute atomic E-state index is 14.3. The molecule has 0 aliphatic carbocycles. The van der Waals surface area contributed by atoms with Crippen molar-refractivity contribution in [3.63, 3.8) is 0 Å². The Kier molecular flexibility index (Phi) is 3.97. The molecule has 2 atom stereocenters. The smallest absolute Gasteiger partial charge is 0.146 e. The first-order chi connectivity index (χ1) is 9.69. The quantitative estimate of drug-likeness (QED) is 0.814. The summed E-state index contributed by atoms with van der Waals surface area (Å²) in [4.78, 5) is 4.95. The summed E-state index contributed by atoms with van der Waals surface area (Å²) in [5, 5.41) is 0. The van der Waals surface area contributed by atoms with Gasteiger partial charge >= 0.3 is 0 Å². The molecule has 2 nitrogen and oxygen atoms in total. The highest BCUT2D eigenvalue weighted by Crippen LogP contribution is 2.31. The molecule has 0 radical (unpaired) electrons. The van der Waals surface area contributed by atoms with E-state index < -0.39 is 0 Å². The number of anilines is 1. The third kappa shape index (κ3) is 2.56. The van der Waals surface area contributed by atoms with Crippen LogP contribution >= 0.6 is 0 Å². The molecule has 0 amide bonds. The van der Waals surface area contributed by atoms with E-state index >= 15 is 0 Å². The Hall–Kier alpha value is -1.09. The Bertz CT molecular complexity index is 474. The van der Waals surface area contributed by atoms with Crippen molar-refractivity contribution < 1.29 is 4.39 Å². The first-order valence-electron chi connectivity index (χ1n) is 7.96. The number of halogens is 1. The number of hydrogen-bond acceptors (Lipinski definition) is 2. The Morgan fingerprint density at radius 3 is 2.85 bits per heavy atom. The van der Waals surface area contributed by atoms with Crippen molar-refractivity contribution >= 4 is 5.69 Å². The van der Waals surface area contributed by atoms with Gasteiger partial charge in [-0.15, -0.1) is 0 Å². The Morgan fingerprint density at radius 1 is 1.25 bits per heavy atom. The molecule has 2 unspecified atom stereocenters. The van der Waals surface area contributed by atoms with E-state index in [1.807, 2.05) is 19.1 Å². The average molecular weight is 276 g/mol. The van der Waals surface area contributed by atoms with Gasteiger partial charge in [-0.2, -0.15) is 0 Å². The second kappa shape index (κ2) is 5.72. The summed E-state index contributed by atoms with van der Waals surface area (Å²) >= 11 is 0. The minimum absolute atomic E-state index is 0.0623. The number of piperazine rings is 1. The van der Waals surface area contributed by atoms with Crippen LogP contribution in [0.1, 0.15) is 38.2 Å². The maximum Gasteiger partial charge on any atom is 0.146 e. The van der Waals surface area contributed by atoms with Crippen LogP contribution in [0.3, 0.4) is 0 Å². The minimum atomic E-state index is -0.0623. The summed E-state index contributed by atoms with van der Waals surface area (Å²) in [5.41, 5.74) is 1.79. The summed E-state index contributed by atoms with van der Waals surface area (Å²) in [7, 11) is 0. The van der Waals surface area contributed by atoms with Crippen LogP contribution in [-0.4, -0.2) is 36.6 Å². The highest BCUT2D eigenvalue weighted by atomic mass is 19.1. The molecule has 110 valence electrons. The molecule has 1 aromatic rings. The van der Waals surface area contributed by atoms with Crippen molar-refractivity contribution in [1.82, 2.24) is 4.90 Å². The highest BCUT2D eigenvalue weighted by molar-refractivity contribution is 5.51. The van der Waals surface area contributed by atoms with Crippen molar-refractivity contribution in [1.29, 1.82) is 0 Å². The van der Waals surface area contributed by atoms with Crippen LogP contribution < -0.4 is 4.90 Å². The standard InChI is InChI=1S/C17H25FN2/c1-3-14-11-19-9-5-4-6-15(19)12-20(14)17-8-7-13(2)10-16(17)18/h7-8,10,14-15H,3-6,9,11-12H2,1-2H3. The van der Waals surface area contributed by atoms with Crippen molar-refractivity contribution in [3.8, 4) is 0 Å². The summed E-state index contributed by atoms with van der Waals surface area (Å²) in [6, 6.07) is 6.72. The number of aryl methyl sites for hydroxylation is 1. The Balaban J connectivity index is 1.86. The van der Waals surface area contributed by atoms with Crippen LogP contribution in [0.4, 0.5) is 10.1 Å². The molecule has 3 rings (SSSR count). The molecule has 2 heterocycles. The maximum atomic E-state index is 14.3. The number of nitrogens with zero attached hydrogens (tertiary/aromatic N) is 2. The number of rotatable bonds is 2. The van der Waals surface area contributed by atoms with E-state index in [1.54, 1.807) is 6.07 Å². The van der Waals surface area contributed by atoms with Crippen molar-refractivity contribution in [2.24, 2.45) is 0 Å². The molecule has 0 N–H and O–H groups in total. The third-order valence-corrected chi connectivity index (χ3v) is 4.93. The fourth-order valence-electron chi connectivity index (χ4n) is 3.74. The van der Waals surface area contributed by atoms with E-state index in [4.69, 9.17) is 0 Å². The summed E-state index contributed by atoms with van der Waals surface area (Å²) in [6.07, 6.45) is 4.99. The van der Waals surface area contributed by atoms with Gasteiger partial charge in [0.05, 0.1) is 5.69 Å². The van der Waals surface area contributed by atoms with Gasteiger partial charge in [-0.3, -0.25) is 4.90 Å². The molecule has 3 heteroatoms. The molecule has 0 aromatic heterocycles.